The van der Waals surface area contributed by atoms with Crippen LogP contribution >= 0.6 is 0 Å². The van der Waals surface area contributed by atoms with Gasteiger partial charge in [0, 0.05) is 27.6 Å². The third-order valence-corrected chi connectivity index (χ3v) is 6.69. The molecule has 0 aromatic heterocycles. The number of rotatable bonds is 8. The van der Waals surface area contributed by atoms with Crippen LogP contribution in [0.3, 0.4) is 0 Å². The normalized spacial score (nSPS) is 10.5. The molecule has 0 aliphatic rings. The topological polar surface area (TPSA) is 0 Å². The largest absolute Gasteiger partial charge is 0.206 e. The van der Waals surface area contributed by atoms with Crippen LogP contribution in [0.15, 0.2) is 78.9 Å². The van der Waals surface area contributed by atoms with Crippen molar-refractivity contribution in [3.05, 3.63) is 118 Å². The second-order valence-corrected chi connectivity index (χ2v) is 9.66. The molecular formula is C36H35F. The van der Waals surface area contributed by atoms with Crippen LogP contribution in [0.4, 0.5) is 4.39 Å². The van der Waals surface area contributed by atoms with Crippen molar-refractivity contribution < 1.29 is 4.39 Å². The van der Waals surface area contributed by atoms with E-state index in [9.17, 15) is 4.39 Å². The Balaban J connectivity index is 1.40. The third kappa shape index (κ3) is 7.59. The van der Waals surface area contributed by atoms with E-state index in [4.69, 9.17) is 0 Å². The minimum Gasteiger partial charge on any atom is -0.206 e. The lowest BCUT2D eigenvalue weighted by molar-refractivity contribution is 0.603. The first-order chi connectivity index (χ1) is 18.2. The molecule has 0 fully saturated rings. The van der Waals surface area contributed by atoms with Gasteiger partial charge in [0.2, 0.25) is 0 Å². The summed E-state index contributed by atoms with van der Waals surface area (Å²) >= 11 is 0. The van der Waals surface area contributed by atoms with E-state index < -0.39 is 0 Å². The highest BCUT2D eigenvalue weighted by molar-refractivity contribution is 5.85. The standard InChI is InChI=1S/C36H35F/c1-3-5-7-8-10-33-24-25-34-27-32(23-26-35(34)36(33)37)22-21-31-19-17-30(18-20-31)16-15-29-13-11-28(12-14-29)9-6-4-2/h11-14,17-20,23-27H,3-10H2,1-2H3. The van der Waals surface area contributed by atoms with Crippen molar-refractivity contribution in [3.8, 4) is 23.7 Å². The van der Waals surface area contributed by atoms with Crippen LogP contribution in [0.1, 0.15) is 85.8 Å². The molecule has 186 valence electrons. The highest BCUT2D eigenvalue weighted by Gasteiger charge is 2.07. The Morgan fingerprint density at radius 2 is 1.11 bits per heavy atom. The van der Waals surface area contributed by atoms with Gasteiger partial charge in [0.15, 0.2) is 0 Å². The van der Waals surface area contributed by atoms with Gasteiger partial charge in [-0.2, -0.15) is 0 Å². The Bertz CT molecular complexity index is 1440. The van der Waals surface area contributed by atoms with E-state index in [0.717, 1.165) is 58.9 Å². The quantitative estimate of drug-likeness (QED) is 0.172. The molecule has 0 aliphatic carbocycles. The zero-order valence-electron chi connectivity index (χ0n) is 22.0. The highest BCUT2D eigenvalue weighted by Crippen LogP contribution is 2.24. The van der Waals surface area contributed by atoms with Gasteiger partial charge in [0.25, 0.3) is 0 Å². The van der Waals surface area contributed by atoms with Crippen LogP contribution in [0.5, 0.6) is 0 Å². The Labute approximate surface area is 222 Å². The number of hydrogen-bond acceptors (Lipinski definition) is 0. The molecule has 0 saturated carbocycles. The van der Waals surface area contributed by atoms with Crippen LogP contribution in [0, 0.1) is 29.5 Å². The summed E-state index contributed by atoms with van der Waals surface area (Å²) in [6.45, 7) is 4.41. The molecule has 4 aromatic rings. The molecule has 4 aromatic carbocycles. The smallest absolute Gasteiger partial charge is 0.134 e. The Hall–Kier alpha value is -3.81. The zero-order valence-corrected chi connectivity index (χ0v) is 22.0. The fourth-order valence-corrected chi connectivity index (χ4v) is 4.41. The molecule has 0 bridgehead atoms. The molecule has 0 N–H and O–H groups in total. The third-order valence-electron chi connectivity index (χ3n) is 6.69. The lowest BCUT2D eigenvalue weighted by Gasteiger charge is -2.07. The van der Waals surface area contributed by atoms with E-state index >= 15 is 0 Å². The van der Waals surface area contributed by atoms with E-state index in [1.165, 1.54) is 31.2 Å². The number of halogens is 1. The first kappa shape index (κ1) is 26.3. The second kappa shape index (κ2) is 13.5. The van der Waals surface area contributed by atoms with E-state index in [-0.39, 0.29) is 5.82 Å². The average molecular weight is 487 g/mol. The maximum Gasteiger partial charge on any atom is 0.134 e. The van der Waals surface area contributed by atoms with Crippen LogP contribution < -0.4 is 0 Å². The molecule has 1 heteroatoms. The van der Waals surface area contributed by atoms with Crippen molar-refractivity contribution >= 4 is 10.8 Å². The molecular weight excluding hydrogens is 451 g/mol. The van der Waals surface area contributed by atoms with Gasteiger partial charge in [-0.25, -0.2) is 4.39 Å². The van der Waals surface area contributed by atoms with Crippen molar-refractivity contribution in [1.29, 1.82) is 0 Å². The fraction of sp³-hybridized carbons (Fsp3) is 0.278. The van der Waals surface area contributed by atoms with Crippen molar-refractivity contribution in [2.24, 2.45) is 0 Å². The summed E-state index contributed by atoms with van der Waals surface area (Å²) in [4.78, 5) is 0. The second-order valence-electron chi connectivity index (χ2n) is 9.66. The van der Waals surface area contributed by atoms with Crippen LogP contribution in [0.2, 0.25) is 0 Å². The van der Waals surface area contributed by atoms with Crippen LogP contribution in [-0.4, -0.2) is 0 Å². The van der Waals surface area contributed by atoms with E-state index in [0.29, 0.717) is 5.39 Å². The van der Waals surface area contributed by atoms with Gasteiger partial charge >= 0.3 is 0 Å². The van der Waals surface area contributed by atoms with Gasteiger partial charge in [-0.05, 0) is 90.7 Å². The first-order valence-corrected chi connectivity index (χ1v) is 13.6. The maximum absolute atomic E-state index is 15.0. The highest BCUT2D eigenvalue weighted by atomic mass is 19.1. The van der Waals surface area contributed by atoms with Gasteiger partial charge in [-0.15, -0.1) is 0 Å². The predicted molar refractivity (Wildman–Crippen MR) is 155 cm³/mol. The van der Waals surface area contributed by atoms with Crippen molar-refractivity contribution in [2.75, 3.05) is 0 Å². The minimum absolute atomic E-state index is 0.0855. The van der Waals surface area contributed by atoms with E-state index in [1.54, 1.807) is 0 Å². The molecule has 0 nitrogen and oxygen atoms in total. The van der Waals surface area contributed by atoms with Gasteiger partial charge in [0.05, 0.1) is 0 Å². The summed E-state index contributed by atoms with van der Waals surface area (Å²) in [7, 11) is 0. The van der Waals surface area contributed by atoms with Gasteiger partial charge in [0.1, 0.15) is 5.82 Å². The monoisotopic (exact) mass is 486 g/mol. The lowest BCUT2D eigenvalue weighted by atomic mass is 10.00. The summed E-state index contributed by atoms with van der Waals surface area (Å²) in [6.07, 6.45) is 8.96. The molecule has 0 aliphatic heterocycles. The van der Waals surface area contributed by atoms with Gasteiger partial charge in [-0.1, -0.05) is 93.5 Å². The van der Waals surface area contributed by atoms with Gasteiger partial charge < -0.3 is 0 Å². The summed E-state index contributed by atoms with van der Waals surface area (Å²) < 4.78 is 15.0. The summed E-state index contributed by atoms with van der Waals surface area (Å²) in [5.74, 6) is 12.8. The summed E-state index contributed by atoms with van der Waals surface area (Å²) in [5, 5.41) is 1.57. The average Bonchev–Trinajstić information content (AvgIpc) is 2.94. The molecule has 0 spiro atoms. The summed E-state index contributed by atoms with van der Waals surface area (Å²) in [6, 6.07) is 26.2. The van der Waals surface area contributed by atoms with E-state index in [2.05, 4.69) is 61.8 Å². The van der Waals surface area contributed by atoms with Crippen LogP contribution in [-0.2, 0) is 12.8 Å². The van der Waals surface area contributed by atoms with Crippen molar-refractivity contribution in [1.82, 2.24) is 0 Å². The Kier molecular flexibility index (Phi) is 9.57. The first-order valence-electron chi connectivity index (χ1n) is 13.6. The van der Waals surface area contributed by atoms with Crippen LogP contribution in [0.25, 0.3) is 10.8 Å². The van der Waals surface area contributed by atoms with Crippen molar-refractivity contribution in [3.63, 3.8) is 0 Å². The molecule has 0 radical (unpaired) electrons. The molecule has 0 saturated heterocycles. The predicted octanol–water partition coefficient (Wildman–Crippen LogP) is 9.24. The molecule has 4 rings (SSSR count). The number of unbranched alkanes of at least 4 members (excludes halogenated alkanes) is 4. The number of benzene rings is 4. The van der Waals surface area contributed by atoms with Crippen molar-refractivity contribution in [2.45, 2.75) is 65.2 Å². The Morgan fingerprint density at radius 1 is 0.541 bits per heavy atom. The Morgan fingerprint density at radius 3 is 1.73 bits per heavy atom. The number of hydrogen-bond donors (Lipinski definition) is 0. The molecule has 0 atom stereocenters. The van der Waals surface area contributed by atoms with E-state index in [1.807, 2.05) is 54.6 Å². The zero-order chi connectivity index (χ0) is 25.9. The maximum atomic E-state index is 15.0. The number of aryl methyl sites for hydroxylation is 2. The fourth-order valence-electron chi connectivity index (χ4n) is 4.41. The minimum atomic E-state index is -0.0855. The molecule has 0 amide bonds. The molecule has 0 heterocycles. The molecule has 37 heavy (non-hydrogen) atoms. The summed E-state index contributed by atoms with van der Waals surface area (Å²) in [5.41, 5.74) is 5.99. The number of fused-ring (bicyclic) bond motifs is 1. The van der Waals surface area contributed by atoms with Gasteiger partial charge in [-0.3, -0.25) is 0 Å². The lowest BCUT2D eigenvalue weighted by Crippen LogP contribution is -1.93. The SMILES string of the molecule is CCCCCCc1ccc2cc(C#Cc3ccc(C#Cc4ccc(CCCC)cc4)cc3)ccc2c1F. The molecule has 0 unspecified atom stereocenters.